The van der Waals surface area contributed by atoms with Crippen LogP contribution in [-0.2, 0) is 11.3 Å². The summed E-state index contributed by atoms with van der Waals surface area (Å²) >= 11 is 6.14. The Hall–Kier alpha value is -2.83. The molecule has 2 fully saturated rings. The number of amides is 3. The van der Waals surface area contributed by atoms with Crippen LogP contribution in [0.2, 0.25) is 5.02 Å². The second-order valence-electron chi connectivity index (χ2n) is 9.63. The van der Waals surface area contributed by atoms with Gasteiger partial charge in [0.05, 0.1) is 5.69 Å². The van der Waals surface area contributed by atoms with E-state index in [-0.39, 0.29) is 30.1 Å². The van der Waals surface area contributed by atoms with E-state index in [1.807, 2.05) is 19.9 Å². The summed E-state index contributed by atoms with van der Waals surface area (Å²) in [7, 11) is 0. The molecule has 2 unspecified atom stereocenters. The predicted octanol–water partition coefficient (Wildman–Crippen LogP) is 5.07. The van der Waals surface area contributed by atoms with Crippen molar-refractivity contribution < 1.29 is 9.59 Å². The second kappa shape index (κ2) is 10.6. The number of halogens is 1. The standard InChI is InChI=1S/C27H33ClN4O2/c1-18(2)29-27(34)30-25-14-22(28)10-8-21(25)9-13-26(33)32-23-11-12-24(32)17-31(16-23)15-20-6-4-19(3)5-7-20/h4-10,13-14,18,23-24H,11-12,15-17H2,1-3H3,(H2,29,30,34)/b13-9+. The number of anilines is 1. The molecule has 2 aliphatic rings. The Balaban J connectivity index is 1.41. The molecule has 2 atom stereocenters. The molecule has 2 aromatic rings. The molecule has 34 heavy (non-hydrogen) atoms. The molecule has 2 bridgehead atoms. The van der Waals surface area contributed by atoms with Crippen LogP contribution in [-0.4, -0.2) is 53.0 Å². The van der Waals surface area contributed by atoms with Crippen molar-refractivity contribution in [3.05, 3.63) is 70.3 Å². The Kier molecular flexibility index (Phi) is 7.59. The number of likely N-dealkylation sites (tertiary alicyclic amines) is 1. The van der Waals surface area contributed by atoms with Gasteiger partial charge in [0.2, 0.25) is 5.91 Å². The smallest absolute Gasteiger partial charge is 0.319 e. The van der Waals surface area contributed by atoms with Gasteiger partial charge in [-0.05, 0) is 62.9 Å². The van der Waals surface area contributed by atoms with E-state index in [0.29, 0.717) is 10.7 Å². The Morgan fingerprint density at radius 2 is 1.76 bits per heavy atom. The van der Waals surface area contributed by atoms with Gasteiger partial charge in [-0.2, -0.15) is 0 Å². The molecule has 4 rings (SSSR count). The number of piperazine rings is 1. The minimum absolute atomic E-state index is 0.0138. The number of fused-ring (bicyclic) bond motifs is 2. The summed E-state index contributed by atoms with van der Waals surface area (Å²) < 4.78 is 0. The highest BCUT2D eigenvalue weighted by Gasteiger charge is 2.41. The SMILES string of the molecule is Cc1ccc(CN2CC3CCC(C2)N3C(=O)/C=C/c2ccc(Cl)cc2NC(=O)NC(C)C)cc1. The molecule has 2 aromatic carbocycles. The van der Waals surface area contributed by atoms with Crippen LogP contribution in [0.25, 0.3) is 6.08 Å². The van der Waals surface area contributed by atoms with Gasteiger partial charge in [0.1, 0.15) is 0 Å². The summed E-state index contributed by atoms with van der Waals surface area (Å²) in [6, 6.07) is 14.1. The summed E-state index contributed by atoms with van der Waals surface area (Å²) in [4.78, 5) is 29.9. The number of urea groups is 1. The zero-order chi connectivity index (χ0) is 24.2. The van der Waals surface area contributed by atoms with E-state index in [1.165, 1.54) is 11.1 Å². The van der Waals surface area contributed by atoms with Gasteiger partial charge in [0.15, 0.2) is 0 Å². The Bertz CT molecular complexity index is 1050. The fraction of sp³-hybridized carbons (Fsp3) is 0.407. The van der Waals surface area contributed by atoms with E-state index >= 15 is 0 Å². The maximum Gasteiger partial charge on any atom is 0.319 e. The average molecular weight is 481 g/mol. The van der Waals surface area contributed by atoms with Crippen LogP contribution in [0.3, 0.4) is 0 Å². The first kappa shape index (κ1) is 24.3. The minimum Gasteiger partial charge on any atom is -0.336 e. The number of carbonyl (C=O) groups is 2. The highest BCUT2D eigenvalue weighted by Crippen LogP contribution is 2.31. The molecule has 2 heterocycles. The Labute approximate surface area is 207 Å². The van der Waals surface area contributed by atoms with E-state index in [1.54, 1.807) is 24.3 Å². The monoisotopic (exact) mass is 480 g/mol. The number of hydrogen-bond acceptors (Lipinski definition) is 3. The lowest BCUT2D eigenvalue weighted by atomic mass is 10.1. The van der Waals surface area contributed by atoms with Crippen molar-refractivity contribution in [2.75, 3.05) is 18.4 Å². The molecule has 6 nitrogen and oxygen atoms in total. The summed E-state index contributed by atoms with van der Waals surface area (Å²) in [5.74, 6) is 0.0232. The van der Waals surface area contributed by atoms with Gasteiger partial charge in [-0.3, -0.25) is 9.69 Å². The van der Waals surface area contributed by atoms with Crippen molar-refractivity contribution >= 4 is 35.3 Å². The summed E-state index contributed by atoms with van der Waals surface area (Å²) in [6.45, 7) is 8.60. The molecule has 2 saturated heterocycles. The molecule has 0 radical (unpaired) electrons. The molecule has 3 amide bonds. The lowest BCUT2D eigenvalue weighted by Gasteiger charge is -2.40. The third-order valence-electron chi connectivity index (χ3n) is 6.43. The maximum atomic E-state index is 13.2. The zero-order valence-electron chi connectivity index (χ0n) is 20.1. The fourth-order valence-corrected chi connectivity index (χ4v) is 5.05. The van der Waals surface area contributed by atoms with E-state index in [9.17, 15) is 9.59 Å². The van der Waals surface area contributed by atoms with E-state index < -0.39 is 0 Å². The number of nitrogens with zero attached hydrogens (tertiary/aromatic N) is 2. The van der Waals surface area contributed by atoms with E-state index in [4.69, 9.17) is 11.6 Å². The van der Waals surface area contributed by atoms with Gasteiger partial charge < -0.3 is 15.5 Å². The van der Waals surface area contributed by atoms with Crippen molar-refractivity contribution in [1.29, 1.82) is 0 Å². The van der Waals surface area contributed by atoms with Crippen molar-refractivity contribution in [3.8, 4) is 0 Å². The number of nitrogens with one attached hydrogen (secondary N) is 2. The highest BCUT2D eigenvalue weighted by molar-refractivity contribution is 6.31. The molecule has 180 valence electrons. The summed E-state index contributed by atoms with van der Waals surface area (Å²) in [6.07, 6.45) is 5.47. The third kappa shape index (κ3) is 5.99. The largest absolute Gasteiger partial charge is 0.336 e. The van der Waals surface area contributed by atoms with E-state index in [0.717, 1.165) is 38.0 Å². The molecule has 2 aliphatic heterocycles. The molecule has 0 aromatic heterocycles. The normalized spacial score (nSPS) is 20.2. The number of aryl methyl sites for hydroxylation is 1. The summed E-state index contributed by atoms with van der Waals surface area (Å²) in [5.41, 5.74) is 3.89. The quantitative estimate of drug-likeness (QED) is 0.567. The number of rotatable bonds is 6. The molecule has 0 saturated carbocycles. The van der Waals surface area contributed by atoms with Gasteiger partial charge in [0, 0.05) is 48.9 Å². The van der Waals surface area contributed by atoms with Gasteiger partial charge in [-0.1, -0.05) is 47.5 Å². The second-order valence-corrected chi connectivity index (χ2v) is 10.1. The van der Waals surface area contributed by atoms with Crippen molar-refractivity contribution in [1.82, 2.24) is 15.1 Å². The lowest BCUT2D eigenvalue weighted by molar-refractivity contribution is -0.131. The van der Waals surface area contributed by atoms with Crippen LogP contribution in [0, 0.1) is 6.92 Å². The number of carbonyl (C=O) groups excluding carboxylic acids is 2. The van der Waals surface area contributed by atoms with E-state index in [2.05, 4.69) is 51.6 Å². The maximum absolute atomic E-state index is 13.2. The molecule has 2 N–H and O–H groups in total. The van der Waals surface area contributed by atoms with Crippen LogP contribution in [0.4, 0.5) is 10.5 Å². The first-order valence-electron chi connectivity index (χ1n) is 11.9. The van der Waals surface area contributed by atoms with Crippen molar-refractivity contribution in [2.45, 2.75) is 58.3 Å². The van der Waals surface area contributed by atoms with Gasteiger partial charge in [-0.25, -0.2) is 4.79 Å². The lowest BCUT2D eigenvalue weighted by Crippen LogP contribution is -2.55. The van der Waals surface area contributed by atoms with Crippen LogP contribution in [0.5, 0.6) is 0 Å². The molecule has 0 spiro atoms. The number of hydrogen-bond donors (Lipinski definition) is 2. The first-order chi connectivity index (χ1) is 16.3. The molecule has 7 heteroatoms. The minimum atomic E-state index is -0.305. The first-order valence-corrected chi connectivity index (χ1v) is 12.3. The van der Waals surface area contributed by atoms with Crippen LogP contribution in [0.15, 0.2) is 48.5 Å². The Morgan fingerprint density at radius 1 is 1.09 bits per heavy atom. The highest BCUT2D eigenvalue weighted by atomic mass is 35.5. The van der Waals surface area contributed by atoms with Crippen LogP contribution in [0.1, 0.15) is 43.4 Å². The van der Waals surface area contributed by atoms with Crippen molar-refractivity contribution in [3.63, 3.8) is 0 Å². The zero-order valence-corrected chi connectivity index (χ0v) is 20.8. The van der Waals surface area contributed by atoms with Crippen LogP contribution >= 0.6 is 11.6 Å². The number of benzene rings is 2. The van der Waals surface area contributed by atoms with Gasteiger partial charge in [-0.15, -0.1) is 0 Å². The van der Waals surface area contributed by atoms with Gasteiger partial charge in [0.25, 0.3) is 0 Å². The molecular formula is C27H33ClN4O2. The topological polar surface area (TPSA) is 64.7 Å². The Morgan fingerprint density at radius 3 is 2.41 bits per heavy atom. The van der Waals surface area contributed by atoms with Gasteiger partial charge >= 0.3 is 6.03 Å². The third-order valence-corrected chi connectivity index (χ3v) is 6.66. The predicted molar refractivity (Wildman–Crippen MR) is 138 cm³/mol. The molecule has 0 aliphatic carbocycles. The van der Waals surface area contributed by atoms with Crippen LogP contribution < -0.4 is 10.6 Å². The average Bonchev–Trinajstić information content (AvgIpc) is 3.04. The fourth-order valence-electron chi connectivity index (χ4n) is 4.88. The molecular weight excluding hydrogens is 448 g/mol. The van der Waals surface area contributed by atoms with Crippen molar-refractivity contribution in [2.24, 2.45) is 0 Å². The summed E-state index contributed by atoms with van der Waals surface area (Å²) in [5, 5.41) is 6.15.